The number of hydrogen-bond donors (Lipinski definition) is 0. The molecule has 1 aromatic carbocycles. The summed E-state index contributed by atoms with van der Waals surface area (Å²) in [4.78, 5) is 15.7. The van der Waals surface area contributed by atoms with Crippen molar-refractivity contribution in [3.05, 3.63) is 34.9 Å². The molecule has 31 heavy (non-hydrogen) atoms. The van der Waals surface area contributed by atoms with Gasteiger partial charge in [-0.15, -0.1) is 0 Å². The average Bonchev–Trinajstić information content (AvgIpc) is 3.52. The zero-order chi connectivity index (χ0) is 21.2. The minimum Gasteiger partial charge on any atom is -0.493 e. The van der Waals surface area contributed by atoms with Crippen molar-refractivity contribution in [1.29, 1.82) is 0 Å². The highest BCUT2D eigenvalue weighted by Gasteiger charge is 2.79. The van der Waals surface area contributed by atoms with Crippen LogP contribution in [0.3, 0.4) is 0 Å². The van der Waals surface area contributed by atoms with Crippen LogP contribution in [-0.2, 0) is 21.4 Å². The summed E-state index contributed by atoms with van der Waals surface area (Å²) in [6, 6.07) is 4.76. The lowest BCUT2D eigenvalue weighted by Crippen LogP contribution is -2.78. The van der Waals surface area contributed by atoms with Gasteiger partial charge in [0.15, 0.2) is 17.3 Å². The Bertz CT molecular complexity index is 1040. The fourth-order valence-corrected chi connectivity index (χ4v) is 8.40. The van der Waals surface area contributed by atoms with Crippen molar-refractivity contribution in [3.8, 4) is 11.5 Å². The van der Waals surface area contributed by atoms with Gasteiger partial charge < -0.3 is 14.2 Å². The molecule has 4 bridgehead atoms. The summed E-state index contributed by atoms with van der Waals surface area (Å²) in [5.41, 5.74) is 2.73. The highest BCUT2D eigenvalue weighted by atomic mass is 16.6. The van der Waals surface area contributed by atoms with Crippen molar-refractivity contribution < 1.29 is 19.0 Å². The van der Waals surface area contributed by atoms with Gasteiger partial charge in [0, 0.05) is 36.2 Å². The van der Waals surface area contributed by atoms with E-state index in [1.165, 1.54) is 30.5 Å². The first-order valence-electron chi connectivity index (χ1n) is 11.9. The van der Waals surface area contributed by atoms with Crippen LogP contribution in [0.25, 0.3) is 0 Å². The summed E-state index contributed by atoms with van der Waals surface area (Å²) in [7, 11) is 3.49. The Morgan fingerprint density at radius 1 is 1.23 bits per heavy atom. The fraction of sp³-hybridized carbons (Fsp3) is 0.654. The van der Waals surface area contributed by atoms with E-state index in [1.807, 2.05) is 0 Å². The molecule has 2 heterocycles. The Morgan fingerprint density at radius 2 is 2.06 bits per heavy atom. The van der Waals surface area contributed by atoms with Crippen molar-refractivity contribution in [3.63, 3.8) is 0 Å². The quantitative estimate of drug-likeness (QED) is 0.729. The number of piperidine rings is 1. The molecule has 0 N–H and O–H groups in total. The molecule has 2 saturated carbocycles. The third-order valence-electron chi connectivity index (χ3n) is 9.75. The van der Waals surface area contributed by atoms with Gasteiger partial charge >= 0.3 is 0 Å². The minimum atomic E-state index is -0.671. The van der Waals surface area contributed by atoms with E-state index in [9.17, 15) is 4.79 Å². The number of ether oxygens (including phenoxy) is 3. The predicted molar refractivity (Wildman–Crippen MR) is 116 cm³/mol. The highest BCUT2D eigenvalue weighted by molar-refractivity contribution is 5.97. The largest absolute Gasteiger partial charge is 0.493 e. The molecule has 1 saturated heterocycles. The van der Waals surface area contributed by atoms with Crippen LogP contribution in [0.1, 0.15) is 50.2 Å². The number of hydrogen-bond acceptors (Lipinski definition) is 5. The fourth-order valence-electron chi connectivity index (χ4n) is 8.40. The summed E-state index contributed by atoms with van der Waals surface area (Å²) in [6.07, 6.45) is 8.93. The molecule has 5 heteroatoms. The molecular weight excluding hydrogens is 390 g/mol. The molecule has 2 aliphatic heterocycles. The topological polar surface area (TPSA) is 48.0 Å². The Morgan fingerprint density at radius 3 is 2.77 bits per heavy atom. The van der Waals surface area contributed by atoms with Gasteiger partial charge in [0.2, 0.25) is 0 Å². The van der Waals surface area contributed by atoms with Crippen LogP contribution in [0, 0.1) is 11.3 Å². The molecule has 0 aromatic heterocycles. The number of rotatable bonds is 5. The Kier molecular flexibility index (Phi) is 3.46. The van der Waals surface area contributed by atoms with E-state index >= 15 is 0 Å². The third-order valence-corrected chi connectivity index (χ3v) is 9.75. The molecule has 5 aliphatic carbocycles. The highest BCUT2D eigenvalue weighted by Crippen LogP contribution is 2.74. The van der Waals surface area contributed by atoms with Gasteiger partial charge in [-0.25, -0.2) is 0 Å². The number of carbonyl (C=O) groups is 1. The maximum absolute atomic E-state index is 13.0. The first-order chi connectivity index (χ1) is 15.0. The number of fused-ring (bicyclic) bond motifs is 1. The molecule has 3 fully saturated rings. The third kappa shape index (κ3) is 1.92. The summed E-state index contributed by atoms with van der Waals surface area (Å²) < 4.78 is 18.9. The second-order valence-corrected chi connectivity index (χ2v) is 10.8. The standard InChI is InChI=1S/C26H31NO4/c1-15(28)18-13-24-8-9-26(18,30-3)23-25(24)10-11-27(14-16-4-5-16)20(24)12-17-6-7-19(29-2)22(31-23)21(17)25/h6-7,13,16,20,23H,4-5,8-12,14H2,1-3H3/t20-,23-,24+,25+,26+/m1/s1. The smallest absolute Gasteiger partial charge is 0.166 e. The first kappa shape index (κ1) is 18.7. The van der Waals surface area contributed by atoms with Gasteiger partial charge in [0.25, 0.3) is 0 Å². The van der Waals surface area contributed by atoms with Crippen molar-refractivity contribution in [2.75, 3.05) is 27.3 Å². The van der Waals surface area contributed by atoms with Crippen LogP contribution in [-0.4, -0.2) is 55.7 Å². The van der Waals surface area contributed by atoms with Gasteiger partial charge in [0.1, 0.15) is 11.7 Å². The van der Waals surface area contributed by atoms with Crippen LogP contribution in [0.5, 0.6) is 11.5 Å². The average molecular weight is 422 g/mol. The van der Waals surface area contributed by atoms with E-state index in [0.29, 0.717) is 6.04 Å². The molecule has 5 nitrogen and oxygen atoms in total. The Labute approximate surface area is 183 Å². The Hall–Kier alpha value is -1.85. The minimum absolute atomic E-state index is 0.0727. The summed E-state index contributed by atoms with van der Waals surface area (Å²) >= 11 is 0. The lowest BCUT2D eigenvalue weighted by atomic mass is 9.37. The molecule has 8 rings (SSSR count). The van der Waals surface area contributed by atoms with E-state index < -0.39 is 5.60 Å². The number of likely N-dealkylation sites (tertiary alicyclic amines) is 1. The molecule has 0 amide bonds. The molecule has 7 aliphatic rings. The van der Waals surface area contributed by atoms with Crippen LogP contribution in [0.4, 0.5) is 0 Å². The number of nitrogens with zero attached hydrogens (tertiary/aromatic N) is 1. The summed E-state index contributed by atoms with van der Waals surface area (Å²) in [5, 5.41) is 0. The molecule has 5 atom stereocenters. The molecule has 2 spiro atoms. The van der Waals surface area contributed by atoms with Crippen LogP contribution >= 0.6 is 0 Å². The lowest BCUT2D eigenvalue weighted by molar-refractivity contribution is -0.196. The van der Waals surface area contributed by atoms with Crippen LogP contribution in [0.2, 0.25) is 0 Å². The number of methoxy groups -OCH3 is 2. The van der Waals surface area contributed by atoms with Gasteiger partial charge in [-0.1, -0.05) is 12.1 Å². The van der Waals surface area contributed by atoms with Crippen LogP contribution in [0.15, 0.2) is 23.8 Å². The van der Waals surface area contributed by atoms with Gasteiger partial charge in [-0.2, -0.15) is 0 Å². The van der Waals surface area contributed by atoms with Crippen molar-refractivity contribution in [2.45, 2.75) is 68.6 Å². The Balaban J connectivity index is 1.53. The monoisotopic (exact) mass is 421 g/mol. The van der Waals surface area contributed by atoms with Crippen molar-refractivity contribution >= 4 is 5.78 Å². The SMILES string of the molecule is COc1ccc2c3c1O[C@H]1[C@]4(OC)CC[C@]5(C=C4C(C)=O)[C@@H](C2)N(CC2CC2)CC[C@]315. The van der Waals surface area contributed by atoms with Crippen LogP contribution < -0.4 is 9.47 Å². The van der Waals surface area contributed by atoms with Crippen molar-refractivity contribution in [1.82, 2.24) is 4.90 Å². The molecule has 0 radical (unpaired) electrons. The number of ketones is 1. The van der Waals surface area contributed by atoms with Gasteiger partial charge in [-0.05, 0) is 69.5 Å². The van der Waals surface area contributed by atoms with Crippen molar-refractivity contribution in [2.24, 2.45) is 11.3 Å². The predicted octanol–water partition coefficient (Wildman–Crippen LogP) is 3.43. The van der Waals surface area contributed by atoms with E-state index in [2.05, 4.69) is 23.1 Å². The van der Waals surface area contributed by atoms with E-state index in [1.54, 1.807) is 21.1 Å². The van der Waals surface area contributed by atoms with E-state index in [0.717, 1.165) is 55.2 Å². The number of benzene rings is 1. The lowest BCUT2D eigenvalue weighted by Gasteiger charge is -2.70. The second-order valence-electron chi connectivity index (χ2n) is 10.8. The van der Waals surface area contributed by atoms with Gasteiger partial charge in [0.05, 0.1) is 12.5 Å². The van der Waals surface area contributed by atoms with E-state index in [4.69, 9.17) is 14.2 Å². The first-order valence-corrected chi connectivity index (χ1v) is 11.9. The zero-order valence-corrected chi connectivity index (χ0v) is 18.7. The molecule has 164 valence electrons. The second kappa shape index (κ2) is 5.74. The number of Topliss-reactive ketones (excluding diaryl/α,β-unsaturated/α-hetero) is 1. The maximum atomic E-state index is 13.0. The van der Waals surface area contributed by atoms with E-state index in [-0.39, 0.29) is 22.7 Å². The molecule has 1 aromatic rings. The zero-order valence-electron chi connectivity index (χ0n) is 18.7. The summed E-state index contributed by atoms with van der Waals surface area (Å²) in [5.74, 6) is 2.70. The normalized spacial score (nSPS) is 41.5. The molecular formula is C26H31NO4. The van der Waals surface area contributed by atoms with Gasteiger partial charge in [-0.3, -0.25) is 9.69 Å². The maximum Gasteiger partial charge on any atom is 0.166 e. The summed E-state index contributed by atoms with van der Waals surface area (Å²) in [6.45, 7) is 4.00. The molecule has 0 unspecified atom stereocenters. The number of carbonyl (C=O) groups excluding carboxylic acids is 1.